The molecule has 18 heavy (non-hydrogen) atoms. The summed E-state index contributed by atoms with van der Waals surface area (Å²) in [7, 11) is 0. The third-order valence-corrected chi connectivity index (χ3v) is 3.33. The summed E-state index contributed by atoms with van der Waals surface area (Å²) in [5.41, 5.74) is -0.00283. The van der Waals surface area contributed by atoms with E-state index in [1.807, 2.05) is 0 Å². The van der Waals surface area contributed by atoms with Gasteiger partial charge in [0, 0.05) is 12.6 Å². The Kier molecular flexibility index (Phi) is 2.39. The first-order chi connectivity index (χ1) is 8.66. The minimum atomic E-state index is -0.563. The van der Waals surface area contributed by atoms with Gasteiger partial charge < -0.3 is 9.64 Å². The summed E-state index contributed by atoms with van der Waals surface area (Å²) in [5, 5.41) is 10.7. The molecule has 0 radical (unpaired) electrons. The molecule has 0 aliphatic carbocycles. The van der Waals surface area contributed by atoms with Crippen molar-refractivity contribution in [2.75, 3.05) is 13.2 Å². The largest absolute Gasteiger partial charge is 0.475 e. The maximum absolute atomic E-state index is 12.3. The normalized spacial score (nSPS) is 21.9. The highest BCUT2D eigenvalue weighted by atomic mass is 16.6. The van der Waals surface area contributed by atoms with E-state index in [0.29, 0.717) is 13.2 Å². The summed E-state index contributed by atoms with van der Waals surface area (Å²) >= 11 is 0. The summed E-state index contributed by atoms with van der Waals surface area (Å²) < 4.78 is 5.47. The number of fused-ring (bicyclic) bond motifs is 2. The molecule has 0 saturated carbocycles. The Bertz CT molecular complexity index is 531. The van der Waals surface area contributed by atoms with Crippen LogP contribution in [0, 0.1) is 10.1 Å². The number of hydrogen-bond donors (Lipinski definition) is 0. The highest BCUT2D eigenvalue weighted by molar-refractivity contribution is 5.97. The van der Waals surface area contributed by atoms with Crippen LogP contribution in [0.15, 0.2) is 12.3 Å². The molecular formula is C11H11N3O4. The molecule has 2 aliphatic rings. The molecule has 0 spiro atoms. The van der Waals surface area contributed by atoms with E-state index in [2.05, 4.69) is 4.98 Å². The van der Waals surface area contributed by atoms with Crippen LogP contribution in [0.1, 0.15) is 23.2 Å². The van der Waals surface area contributed by atoms with Crippen molar-refractivity contribution in [2.45, 2.75) is 18.9 Å². The van der Waals surface area contributed by atoms with Crippen LogP contribution in [0.4, 0.5) is 5.69 Å². The minimum absolute atomic E-state index is 0.0609. The summed E-state index contributed by atoms with van der Waals surface area (Å²) in [4.78, 5) is 28.0. The maximum Gasteiger partial charge on any atom is 0.288 e. The number of ether oxygens (including phenoxy) is 1. The lowest BCUT2D eigenvalue weighted by molar-refractivity contribution is -0.385. The van der Waals surface area contributed by atoms with Crippen molar-refractivity contribution in [2.24, 2.45) is 0 Å². The van der Waals surface area contributed by atoms with E-state index < -0.39 is 4.92 Å². The van der Waals surface area contributed by atoms with Crippen LogP contribution in [-0.4, -0.2) is 39.9 Å². The SMILES string of the molecule is O=C1c2cc([N+](=O)[O-])cnc2OC[C@@H]2CCCN12. The Morgan fingerprint density at radius 2 is 2.39 bits per heavy atom. The molecule has 0 N–H and O–H groups in total. The van der Waals surface area contributed by atoms with Crippen molar-refractivity contribution in [3.63, 3.8) is 0 Å². The van der Waals surface area contributed by atoms with Gasteiger partial charge in [-0.2, -0.15) is 0 Å². The number of carbonyl (C=O) groups excluding carboxylic acids is 1. The fourth-order valence-electron chi connectivity index (χ4n) is 2.42. The average Bonchev–Trinajstić information content (AvgIpc) is 2.79. The van der Waals surface area contributed by atoms with Crippen LogP contribution >= 0.6 is 0 Å². The van der Waals surface area contributed by atoms with Gasteiger partial charge in [0.2, 0.25) is 5.88 Å². The first kappa shape index (κ1) is 10.9. The van der Waals surface area contributed by atoms with Crippen LogP contribution in [0.2, 0.25) is 0 Å². The molecule has 1 fully saturated rings. The first-order valence-electron chi connectivity index (χ1n) is 5.75. The standard InChI is InChI=1S/C11H11N3O4/c15-11-9-4-8(14(16)17)5-12-10(9)18-6-7-2-1-3-13(7)11/h4-5,7H,1-3,6H2/t7-/m0/s1. The van der Waals surface area contributed by atoms with E-state index in [1.54, 1.807) is 4.90 Å². The van der Waals surface area contributed by atoms with Gasteiger partial charge in [0.25, 0.3) is 11.6 Å². The van der Waals surface area contributed by atoms with Crippen LogP contribution in [0.25, 0.3) is 0 Å². The van der Waals surface area contributed by atoms with Crippen LogP contribution in [-0.2, 0) is 0 Å². The molecular weight excluding hydrogens is 238 g/mol. The van der Waals surface area contributed by atoms with E-state index in [0.717, 1.165) is 19.0 Å². The smallest absolute Gasteiger partial charge is 0.288 e. The minimum Gasteiger partial charge on any atom is -0.475 e. The number of nitro groups is 1. The molecule has 7 heteroatoms. The highest BCUT2D eigenvalue weighted by Gasteiger charge is 2.35. The predicted molar refractivity (Wildman–Crippen MR) is 60.4 cm³/mol. The second-order valence-corrected chi connectivity index (χ2v) is 4.41. The molecule has 1 atom stereocenters. The lowest BCUT2D eigenvalue weighted by Gasteiger charge is -2.20. The number of pyridine rings is 1. The molecule has 2 aliphatic heterocycles. The molecule has 0 bridgehead atoms. The fourth-order valence-corrected chi connectivity index (χ4v) is 2.42. The number of hydrogen-bond acceptors (Lipinski definition) is 5. The van der Waals surface area contributed by atoms with Crippen molar-refractivity contribution in [3.8, 4) is 5.88 Å². The molecule has 0 aromatic carbocycles. The van der Waals surface area contributed by atoms with Crippen molar-refractivity contribution in [1.82, 2.24) is 9.88 Å². The van der Waals surface area contributed by atoms with Crippen molar-refractivity contribution in [3.05, 3.63) is 27.9 Å². The highest BCUT2D eigenvalue weighted by Crippen LogP contribution is 2.30. The fraction of sp³-hybridized carbons (Fsp3) is 0.455. The van der Waals surface area contributed by atoms with Crippen molar-refractivity contribution in [1.29, 1.82) is 0 Å². The topological polar surface area (TPSA) is 85.6 Å². The zero-order valence-electron chi connectivity index (χ0n) is 9.54. The Morgan fingerprint density at radius 1 is 1.56 bits per heavy atom. The van der Waals surface area contributed by atoms with Crippen molar-refractivity contribution < 1.29 is 14.5 Å². The van der Waals surface area contributed by atoms with Gasteiger partial charge in [-0.05, 0) is 12.8 Å². The predicted octanol–water partition coefficient (Wildman–Crippen LogP) is 0.987. The summed E-state index contributed by atoms with van der Waals surface area (Å²) in [5.74, 6) is -0.0267. The molecule has 0 unspecified atom stereocenters. The molecule has 94 valence electrons. The molecule has 7 nitrogen and oxygen atoms in total. The van der Waals surface area contributed by atoms with Gasteiger partial charge in [-0.25, -0.2) is 4.98 Å². The summed E-state index contributed by atoms with van der Waals surface area (Å²) in [6, 6.07) is 1.30. The van der Waals surface area contributed by atoms with Crippen LogP contribution in [0.5, 0.6) is 5.88 Å². The monoisotopic (exact) mass is 249 g/mol. The molecule has 1 amide bonds. The lowest BCUT2D eigenvalue weighted by Crippen LogP contribution is -2.36. The quantitative estimate of drug-likeness (QED) is 0.547. The molecule has 1 saturated heterocycles. The van der Waals surface area contributed by atoms with Gasteiger partial charge in [-0.15, -0.1) is 0 Å². The van der Waals surface area contributed by atoms with Gasteiger partial charge in [0.1, 0.15) is 18.4 Å². The van der Waals surface area contributed by atoms with E-state index >= 15 is 0 Å². The number of amides is 1. The van der Waals surface area contributed by atoms with Crippen molar-refractivity contribution >= 4 is 11.6 Å². The number of aromatic nitrogens is 1. The van der Waals surface area contributed by atoms with E-state index in [4.69, 9.17) is 4.74 Å². The molecule has 3 rings (SSSR count). The second-order valence-electron chi connectivity index (χ2n) is 4.41. The third kappa shape index (κ3) is 1.59. The molecule has 1 aromatic heterocycles. The molecule has 1 aromatic rings. The summed E-state index contributed by atoms with van der Waals surface area (Å²) in [6.45, 7) is 1.08. The van der Waals surface area contributed by atoms with E-state index in [9.17, 15) is 14.9 Å². The number of rotatable bonds is 1. The zero-order valence-corrected chi connectivity index (χ0v) is 9.54. The third-order valence-electron chi connectivity index (χ3n) is 3.33. The Morgan fingerprint density at radius 3 is 3.17 bits per heavy atom. The van der Waals surface area contributed by atoms with Gasteiger partial charge >= 0.3 is 0 Å². The van der Waals surface area contributed by atoms with E-state index in [1.165, 1.54) is 6.07 Å². The number of nitrogens with zero attached hydrogens (tertiary/aromatic N) is 3. The zero-order chi connectivity index (χ0) is 12.7. The van der Waals surface area contributed by atoms with Gasteiger partial charge in [0.05, 0.1) is 11.0 Å². The Labute approximate surface area is 103 Å². The Balaban J connectivity index is 2.05. The van der Waals surface area contributed by atoms with Gasteiger partial charge in [0.15, 0.2) is 0 Å². The van der Waals surface area contributed by atoms with Gasteiger partial charge in [-0.1, -0.05) is 0 Å². The molecule has 3 heterocycles. The average molecular weight is 249 g/mol. The van der Waals surface area contributed by atoms with Crippen LogP contribution < -0.4 is 4.74 Å². The lowest BCUT2D eigenvalue weighted by atomic mass is 10.2. The van der Waals surface area contributed by atoms with Crippen LogP contribution in [0.3, 0.4) is 0 Å². The second kappa shape index (κ2) is 3.94. The Hall–Kier alpha value is -2.18. The summed E-state index contributed by atoms with van der Waals surface area (Å²) in [6.07, 6.45) is 2.96. The van der Waals surface area contributed by atoms with E-state index in [-0.39, 0.29) is 29.1 Å². The van der Waals surface area contributed by atoms with Gasteiger partial charge in [-0.3, -0.25) is 14.9 Å². The first-order valence-corrected chi connectivity index (χ1v) is 5.75. The maximum atomic E-state index is 12.3. The number of carbonyl (C=O) groups is 1.